The SMILES string of the molecule is CN(C)S(=O)(=O)C1CCN(c2ccc(CN3CCN(CC(O)CN4CCc5ccccc5C4)C3=O)nc2)CC1. The van der Waals surface area contributed by atoms with Crippen LogP contribution in [0.25, 0.3) is 0 Å². The monoisotopic (exact) mass is 556 g/mol. The van der Waals surface area contributed by atoms with Crippen molar-refractivity contribution in [1.29, 1.82) is 0 Å². The van der Waals surface area contributed by atoms with Crippen molar-refractivity contribution >= 4 is 21.7 Å². The normalized spacial score (nSPS) is 20.1. The van der Waals surface area contributed by atoms with Crippen LogP contribution in [0.15, 0.2) is 42.6 Å². The first-order chi connectivity index (χ1) is 18.7. The maximum atomic E-state index is 13.0. The molecule has 11 heteroatoms. The number of carbonyl (C=O) groups is 1. The summed E-state index contributed by atoms with van der Waals surface area (Å²) in [5, 5.41) is 10.4. The number of aromatic nitrogens is 1. The number of benzene rings is 1. The van der Waals surface area contributed by atoms with Crippen LogP contribution in [0, 0.1) is 0 Å². The van der Waals surface area contributed by atoms with Gasteiger partial charge in [-0.3, -0.25) is 9.88 Å². The van der Waals surface area contributed by atoms with E-state index in [1.807, 2.05) is 18.3 Å². The molecule has 1 N–H and O–H groups in total. The predicted octanol–water partition coefficient (Wildman–Crippen LogP) is 1.60. The maximum Gasteiger partial charge on any atom is 0.320 e. The van der Waals surface area contributed by atoms with Crippen molar-refractivity contribution in [3.8, 4) is 0 Å². The van der Waals surface area contributed by atoms with Crippen LogP contribution >= 0.6 is 0 Å². The van der Waals surface area contributed by atoms with E-state index in [-0.39, 0.29) is 11.3 Å². The van der Waals surface area contributed by atoms with Crippen LogP contribution in [0.2, 0.25) is 0 Å². The molecule has 2 amide bonds. The molecule has 2 saturated heterocycles. The number of carbonyl (C=O) groups excluding carboxylic acids is 1. The Kier molecular flexibility index (Phi) is 8.41. The molecule has 3 aliphatic rings. The van der Waals surface area contributed by atoms with Crippen LogP contribution in [0.1, 0.15) is 29.7 Å². The number of rotatable bonds is 9. The molecule has 2 fully saturated rings. The molecule has 0 saturated carbocycles. The molecule has 1 atom stereocenters. The minimum Gasteiger partial charge on any atom is -0.390 e. The number of hydrogen-bond acceptors (Lipinski definition) is 7. The standard InChI is InChI=1S/C28H40N6O4S/c1-30(2)39(37,38)27-10-13-32(14-11-27)25-8-7-24(29-17-25)19-33-15-16-34(28(33)36)21-26(35)20-31-12-9-22-5-3-4-6-23(22)18-31/h3-8,17,26-27,35H,9-16,18-21H2,1-2H3. The summed E-state index contributed by atoms with van der Waals surface area (Å²) >= 11 is 0. The van der Waals surface area contributed by atoms with Gasteiger partial charge in [0.15, 0.2) is 0 Å². The van der Waals surface area contributed by atoms with E-state index in [4.69, 9.17) is 0 Å². The molecule has 5 rings (SSSR count). The number of aliphatic hydroxyl groups is 1. The number of β-amino-alcohol motifs (C(OH)–C–C–N with tert-alkyl or cyclic N) is 1. The summed E-state index contributed by atoms with van der Waals surface area (Å²) in [6.07, 6.45) is 3.40. The Bertz CT molecular complexity index is 1250. The Hall–Kier alpha value is -2.73. The van der Waals surface area contributed by atoms with Crippen LogP contribution in [0.5, 0.6) is 0 Å². The highest BCUT2D eigenvalue weighted by molar-refractivity contribution is 7.89. The summed E-state index contributed by atoms with van der Waals surface area (Å²) in [6, 6.07) is 12.3. The van der Waals surface area contributed by atoms with Crippen molar-refractivity contribution in [3.05, 3.63) is 59.4 Å². The summed E-state index contributed by atoms with van der Waals surface area (Å²) in [5.41, 5.74) is 4.48. The number of amides is 2. The Balaban J connectivity index is 1.08. The fourth-order valence-electron chi connectivity index (χ4n) is 5.87. The molecular formula is C28H40N6O4S. The molecule has 39 heavy (non-hydrogen) atoms. The van der Waals surface area contributed by atoms with Crippen molar-refractivity contribution in [2.24, 2.45) is 0 Å². The number of anilines is 1. The maximum absolute atomic E-state index is 13.0. The molecule has 2 aromatic rings. The van der Waals surface area contributed by atoms with Gasteiger partial charge in [-0.2, -0.15) is 0 Å². The number of sulfonamides is 1. The summed E-state index contributed by atoms with van der Waals surface area (Å²) in [4.78, 5) is 25.6. The lowest BCUT2D eigenvalue weighted by Crippen LogP contribution is -2.43. The van der Waals surface area contributed by atoms with E-state index in [9.17, 15) is 18.3 Å². The average Bonchev–Trinajstić information content (AvgIpc) is 3.27. The molecular weight excluding hydrogens is 516 g/mol. The first-order valence-corrected chi connectivity index (χ1v) is 15.3. The van der Waals surface area contributed by atoms with Gasteiger partial charge in [-0.15, -0.1) is 0 Å². The molecule has 0 aliphatic carbocycles. The lowest BCUT2D eigenvalue weighted by Gasteiger charge is -2.34. The first kappa shape index (κ1) is 27.8. The van der Waals surface area contributed by atoms with Crippen molar-refractivity contribution in [3.63, 3.8) is 0 Å². The molecule has 10 nitrogen and oxygen atoms in total. The molecule has 0 radical (unpaired) electrons. The zero-order chi connectivity index (χ0) is 27.6. The van der Waals surface area contributed by atoms with E-state index in [1.165, 1.54) is 15.4 Å². The summed E-state index contributed by atoms with van der Waals surface area (Å²) in [5.74, 6) is 0. The van der Waals surface area contributed by atoms with Gasteiger partial charge < -0.3 is 19.8 Å². The van der Waals surface area contributed by atoms with Crippen molar-refractivity contribution < 1.29 is 18.3 Å². The van der Waals surface area contributed by atoms with Gasteiger partial charge in [0, 0.05) is 66.5 Å². The predicted molar refractivity (Wildman–Crippen MR) is 151 cm³/mol. The number of fused-ring (bicyclic) bond motifs is 1. The lowest BCUT2D eigenvalue weighted by molar-refractivity contribution is 0.0812. The minimum atomic E-state index is -3.23. The van der Waals surface area contributed by atoms with Crippen LogP contribution < -0.4 is 4.90 Å². The van der Waals surface area contributed by atoms with E-state index in [1.54, 1.807) is 23.9 Å². The van der Waals surface area contributed by atoms with Gasteiger partial charge in [0.25, 0.3) is 0 Å². The Morgan fingerprint density at radius 3 is 2.38 bits per heavy atom. The van der Waals surface area contributed by atoms with E-state index in [0.717, 1.165) is 30.9 Å². The van der Waals surface area contributed by atoms with Gasteiger partial charge in [-0.1, -0.05) is 24.3 Å². The smallest absolute Gasteiger partial charge is 0.320 e. The molecule has 1 aromatic heterocycles. The van der Waals surface area contributed by atoms with Gasteiger partial charge >= 0.3 is 6.03 Å². The van der Waals surface area contributed by atoms with E-state index in [0.29, 0.717) is 58.7 Å². The fraction of sp³-hybridized carbons (Fsp3) is 0.571. The number of aliphatic hydroxyl groups excluding tert-OH is 1. The molecule has 0 spiro atoms. The Labute approximate surface area is 231 Å². The third-order valence-corrected chi connectivity index (χ3v) is 10.5. The second-order valence-corrected chi connectivity index (χ2v) is 13.5. The number of hydrogen-bond donors (Lipinski definition) is 1. The van der Waals surface area contributed by atoms with Gasteiger partial charge in [-0.25, -0.2) is 17.5 Å². The largest absolute Gasteiger partial charge is 0.390 e. The topological polar surface area (TPSA) is 101 Å². The van der Waals surface area contributed by atoms with E-state index in [2.05, 4.69) is 39.0 Å². The molecule has 1 aromatic carbocycles. The van der Waals surface area contributed by atoms with Crippen LogP contribution in [0.3, 0.4) is 0 Å². The highest BCUT2D eigenvalue weighted by Crippen LogP contribution is 2.25. The lowest BCUT2D eigenvalue weighted by atomic mass is 10.00. The minimum absolute atomic E-state index is 0.0620. The highest BCUT2D eigenvalue weighted by Gasteiger charge is 2.33. The second kappa shape index (κ2) is 11.8. The van der Waals surface area contributed by atoms with Gasteiger partial charge in [-0.05, 0) is 42.5 Å². The van der Waals surface area contributed by atoms with Gasteiger partial charge in [0.05, 0.1) is 35.5 Å². The Morgan fingerprint density at radius 1 is 0.974 bits per heavy atom. The van der Waals surface area contributed by atoms with Crippen molar-refractivity contribution in [2.45, 2.75) is 43.7 Å². The second-order valence-electron chi connectivity index (χ2n) is 11.1. The zero-order valence-corrected chi connectivity index (χ0v) is 23.8. The van der Waals surface area contributed by atoms with E-state index < -0.39 is 16.1 Å². The quantitative estimate of drug-likeness (QED) is 0.501. The van der Waals surface area contributed by atoms with Crippen molar-refractivity contribution in [1.82, 2.24) is 24.0 Å². The number of urea groups is 1. The Morgan fingerprint density at radius 2 is 1.69 bits per heavy atom. The third-order valence-electron chi connectivity index (χ3n) is 8.19. The zero-order valence-electron chi connectivity index (χ0n) is 22.9. The molecule has 0 bridgehead atoms. The highest BCUT2D eigenvalue weighted by atomic mass is 32.2. The van der Waals surface area contributed by atoms with Crippen LogP contribution in [0.4, 0.5) is 10.5 Å². The molecule has 212 valence electrons. The number of pyridine rings is 1. The van der Waals surface area contributed by atoms with Crippen molar-refractivity contribution in [2.75, 3.05) is 64.8 Å². The molecule has 3 aliphatic heterocycles. The average molecular weight is 557 g/mol. The summed E-state index contributed by atoms with van der Waals surface area (Å²) in [6.45, 7) is 5.62. The summed E-state index contributed by atoms with van der Waals surface area (Å²) < 4.78 is 26.2. The number of piperidine rings is 1. The number of nitrogens with zero attached hydrogens (tertiary/aromatic N) is 6. The van der Waals surface area contributed by atoms with Crippen LogP contribution in [-0.4, -0.2) is 115 Å². The van der Waals surface area contributed by atoms with Crippen LogP contribution in [-0.2, 0) is 29.5 Å². The molecule has 1 unspecified atom stereocenters. The summed E-state index contributed by atoms with van der Waals surface area (Å²) in [7, 11) is -0.0520. The van der Waals surface area contributed by atoms with Gasteiger partial charge in [0.1, 0.15) is 0 Å². The third kappa shape index (κ3) is 6.37. The first-order valence-electron chi connectivity index (χ1n) is 13.8. The fourth-order valence-corrected chi connectivity index (χ4v) is 7.27. The molecule has 4 heterocycles. The van der Waals surface area contributed by atoms with Gasteiger partial charge in [0.2, 0.25) is 10.0 Å². The van der Waals surface area contributed by atoms with E-state index >= 15 is 0 Å².